The number of aryl methyl sites for hydroxylation is 1. The van der Waals surface area contributed by atoms with Crippen molar-refractivity contribution in [2.24, 2.45) is 0 Å². The van der Waals surface area contributed by atoms with Gasteiger partial charge in [-0.25, -0.2) is 4.39 Å². The van der Waals surface area contributed by atoms with Crippen LogP contribution in [0.25, 0.3) is 0 Å². The molecule has 0 radical (unpaired) electrons. The minimum Gasteiger partial charge on any atom is -0.493 e. The molecule has 1 amide bonds. The lowest BCUT2D eigenvalue weighted by Gasteiger charge is -2.29. The summed E-state index contributed by atoms with van der Waals surface area (Å²) in [5.74, 6) is 1.78. The Labute approximate surface area is 189 Å². The van der Waals surface area contributed by atoms with E-state index in [1.165, 1.54) is 11.1 Å². The van der Waals surface area contributed by atoms with Crippen molar-refractivity contribution in [3.8, 4) is 17.2 Å². The van der Waals surface area contributed by atoms with Gasteiger partial charge in [-0.2, -0.15) is 0 Å². The van der Waals surface area contributed by atoms with Gasteiger partial charge >= 0.3 is 0 Å². The molecule has 0 bridgehead atoms. The minimum atomic E-state index is -0.587. The number of benzene rings is 2. The van der Waals surface area contributed by atoms with Gasteiger partial charge in [0, 0.05) is 19.6 Å². The average Bonchev–Trinajstić information content (AvgIpc) is 2.81. The Morgan fingerprint density at radius 2 is 1.81 bits per heavy atom. The third kappa shape index (κ3) is 6.13. The maximum Gasteiger partial charge on any atom is 0.255 e. The molecular weight excluding hydrogens is 410 g/mol. The molecule has 0 unspecified atom stereocenters. The van der Waals surface area contributed by atoms with Crippen LogP contribution in [0.3, 0.4) is 0 Å². The molecule has 1 heterocycles. The van der Waals surface area contributed by atoms with E-state index < -0.39 is 6.67 Å². The lowest BCUT2D eigenvalue weighted by molar-refractivity contribution is 0.0947. The SMILES string of the molecule is COc1cc2c(cc1OC)CN(CCCCNC(=O)c1cc(C)ccc1OCC[18F])CC2. The lowest BCUT2D eigenvalue weighted by Crippen LogP contribution is -2.32. The Balaban J connectivity index is 1.45. The topological polar surface area (TPSA) is 60.0 Å². The number of methoxy groups -OCH3 is 2. The molecule has 0 atom stereocenters. The highest BCUT2D eigenvalue weighted by Gasteiger charge is 2.19. The predicted molar refractivity (Wildman–Crippen MR) is 123 cm³/mol. The Bertz CT molecular complexity index is 919. The van der Waals surface area contributed by atoms with Crippen LogP contribution in [0.15, 0.2) is 30.3 Å². The first-order chi connectivity index (χ1) is 15.5. The number of hydrogen-bond donors (Lipinski definition) is 1. The Morgan fingerprint density at radius 1 is 1.06 bits per heavy atom. The third-order valence-electron chi connectivity index (χ3n) is 5.70. The Kier molecular flexibility index (Phi) is 8.73. The molecule has 2 aromatic rings. The van der Waals surface area contributed by atoms with E-state index in [0.717, 1.165) is 56.0 Å². The second-order valence-electron chi connectivity index (χ2n) is 8.00. The monoisotopic (exact) mass is 443 g/mol. The summed E-state index contributed by atoms with van der Waals surface area (Å²) in [6.45, 7) is 4.73. The molecule has 0 saturated heterocycles. The fourth-order valence-corrected chi connectivity index (χ4v) is 3.99. The van der Waals surface area contributed by atoms with E-state index >= 15 is 0 Å². The summed E-state index contributed by atoms with van der Waals surface area (Å²) in [5, 5.41) is 2.96. The molecule has 0 spiro atoms. The number of unbranched alkanes of at least 4 members (excludes halogenated alkanes) is 1. The molecule has 0 fully saturated rings. The molecular formula is C25H33FN2O4. The number of nitrogens with zero attached hydrogens (tertiary/aromatic N) is 1. The van der Waals surface area contributed by atoms with Crippen LogP contribution in [0.2, 0.25) is 0 Å². The first kappa shape index (κ1) is 23.9. The molecule has 2 aromatic carbocycles. The smallest absolute Gasteiger partial charge is 0.255 e. The van der Waals surface area contributed by atoms with Gasteiger partial charge in [0.2, 0.25) is 0 Å². The molecule has 1 N–H and O–H groups in total. The number of carbonyl (C=O) groups is 1. The number of nitrogens with one attached hydrogen (secondary N) is 1. The summed E-state index contributed by atoms with van der Waals surface area (Å²) >= 11 is 0. The van der Waals surface area contributed by atoms with Crippen LogP contribution in [0.5, 0.6) is 17.2 Å². The highest BCUT2D eigenvalue weighted by atomic mass is 18.2. The zero-order chi connectivity index (χ0) is 22.9. The van der Waals surface area contributed by atoms with Crippen LogP contribution in [0.4, 0.5) is 4.39 Å². The second kappa shape index (κ2) is 11.7. The molecule has 1 aliphatic heterocycles. The van der Waals surface area contributed by atoms with Gasteiger partial charge in [0.25, 0.3) is 5.91 Å². The molecule has 6 nitrogen and oxygen atoms in total. The summed E-state index contributed by atoms with van der Waals surface area (Å²) in [5.41, 5.74) is 4.01. The number of amides is 1. The van der Waals surface area contributed by atoms with Gasteiger partial charge in [-0.05, 0) is 68.1 Å². The largest absolute Gasteiger partial charge is 0.493 e. The number of rotatable bonds is 11. The quantitative estimate of drug-likeness (QED) is 0.534. The van der Waals surface area contributed by atoms with E-state index in [2.05, 4.69) is 22.3 Å². The molecule has 0 saturated carbocycles. The van der Waals surface area contributed by atoms with Crippen molar-refractivity contribution >= 4 is 5.91 Å². The van der Waals surface area contributed by atoms with Crippen molar-refractivity contribution in [3.63, 3.8) is 0 Å². The molecule has 32 heavy (non-hydrogen) atoms. The first-order valence-electron chi connectivity index (χ1n) is 11.1. The summed E-state index contributed by atoms with van der Waals surface area (Å²) in [6.07, 6.45) is 2.86. The van der Waals surface area contributed by atoms with Crippen LogP contribution < -0.4 is 19.5 Å². The van der Waals surface area contributed by atoms with Crippen molar-refractivity contribution in [2.45, 2.75) is 32.7 Å². The highest BCUT2D eigenvalue weighted by molar-refractivity contribution is 5.97. The van der Waals surface area contributed by atoms with Crippen molar-refractivity contribution in [1.29, 1.82) is 0 Å². The van der Waals surface area contributed by atoms with Gasteiger partial charge in [-0.15, -0.1) is 0 Å². The van der Waals surface area contributed by atoms with Gasteiger partial charge in [0.1, 0.15) is 19.0 Å². The molecule has 1 aliphatic rings. The van der Waals surface area contributed by atoms with E-state index in [-0.39, 0.29) is 12.5 Å². The van der Waals surface area contributed by atoms with E-state index in [4.69, 9.17) is 14.2 Å². The molecule has 0 aliphatic carbocycles. The van der Waals surface area contributed by atoms with Crippen molar-refractivity contribution in [2.75, 3.05) is 47.1 Å². The third-order valence-corrected chi connectivity index (χ3v) is 5.70. The number of carbonyl (C=O) groups excluding carboxylic acids is 1. The van der Waals surface area contributed by atoms with Crippen LogP contribution in [-0.4, -0.2) is 57.9 Å². The summed E-state index contributed by atoms with van der Waals surface area (Å²) in [4.78, 5) is 15.0. The maximum absolute atomic E-state index is 12.6. The Morgan fingerprint density at radius 3 is 2.53 bits per heavy atom. The fourth-order valence-electron chi connectivity index (χ4n) is 3.99. The van der Waals surface area contributed by atoms with Gasteiger partial charge in [0.05, 0.1) is 19.8 Å². The van der Waals surface area contributed by atoms with Crippen molar-refractivity contribution in [3.05, 3.63) is 52.6 Å². The second-order valence-corrected chi connectivity index (χ2v) is 8.00. The van der Waals surface area contributed by atoms with Gasteiger partial charge < -0.3 is 19.5 Å². The van der Waals surface area contributed by atoms with E-state index in [1.54, 1.807) is 26.4 Å². The van der Waals surface area contributed by atoms with E-state index in [9.17, 15) is 9.18 Å². The van der Waals surface area contributed by atoms with Crippen LogP contribution in [0, 0.1) is 6.92 Å². The zero-order valence-corrected chi connectivity index (χ0v) is 19.2. The number of ether oxygens (including phenoxy) is 3. The molecule has 7 heteroatoms. The van der Waals surface area contributed by atoms with Crippen molar-refractivity contribution < 1.29 is 23.4 Å². The number of alkyl halides is 1. The zero-order valence-electron chi connectivity index (χ0n) is 19.2. The average molecular weight is 444 g/mol. The van der Waals surface area contributed by atoms with Gasteiger partial charge in [0.15, 0.2) is 11.5 Å². The maximum atomic E-state index is 12.6. The summed E-state index contributed by atoms with van der Waals surface area (Å²) < 4.78 is 28.7. The highest BCUT2D eigenvalue weighted by Crippen LogP contribution is 2.33. The fraction of sp³-hybridized carbons (Fsp3) is 0.480. The molecule has 0 aromatic heterocycles. The first-order valence-corrected chi connectivity index (χ1v) is 11.1. The van der Waals surface area contributed by atoms with Crippen molar-refractivity contribution in [1.82, 2.24) is 10.2 Å². The van der Waals surface area contributed by atoms with Crippen LogP contribution in [0.1, 0.15) is 39.9 Å². The number of fused-ring (bicyclic) bond motifs is 1. The van der Waals surface area contributed by atoms with E-state index in [1.807, 2.05) is 13.0 Å². The Hall–Kier alpha value is -2.80. The van der Waals surface area contributed by atoms with Gasteiger partial charge in [-0.3, -0.25) is 9.69 Å². The standard InChI is InChI=1S/C25H33FN2O4/c1-18-6-7-22(32-13-9-26)21(14-18)25(29)27-10-4-5-11-28-12-8-19-15-23(30-2)24(31-3)16-20(19)17-28/h6-7,14-16H,4-5,8-13,17H2,1-3H3,(H,27,29)/i26-1. The van der Waals surface area contributed by atoms with Gasteiger partial charge in [-0.1, -0.05) is 11.6 Å². The van der Waals surface area contributed by atoms with Crippen LogP contribution >= 0.6 is 0 Å². The predicted octanol–water partition coefficient (Wildman–Crippen LogP) is 3.93. The summed E-state index contributed by atoms with van der Waals surface area (Å²) in [7, 11) is 3.32. The minimum absolute atomic E-state index is 0.0546. The number of halogens is 1. The molecule has 174 valence electrons. The lowest BCUT2D eigenvalue weighted by atomic mass is 9.98. The normalized spacial score (nSPS) is 13.4. The van der Waals surface area contributed by atoms with Crippen LogP contribution in [-0.2, 0) is 13.0 Å². The van der Waals surface area contributed by atoms with E-state index in [0.29, 0.717) is 17.9 Å². The summed E-state index contributed by atoms with van der Waals surface area (Å²) in [6, 6.07) is 9.51. The molecule has 3 rings (SSSR count). The number of hydrogen-bond acceptors (Lipinski definition) is 5.